The molecule has 44 heavy (non-hydrogen) atoms. The SMILES string of the molecule is Nc1cc(-c2c3ccc(=O)cc-3oc3cc(O)ccc23)c(C(=O)N2CCC(C(=O)ON3C(=O)CCC3=O)CC2)cc1[N+](=O)[O-]. The molecule has 2 saturated heterocycles. The molecule has 4 aliphatic rings. The van der Waals surface area contributed by atoms with E-state index in [0.29, 0.717) is 21.6 Å². The van der Waals surface area contributed by atoms with E-state index < -0.39 is 40.2 Å². The van der Waals surface area contributed by atoms with Crippen molar-refractivity contribution in [2.75, 3.05) is 18.8 Å². The second kappa shape index (κ2) is 10.8. The number of hydrogen-bond donors (Lipinski definition) is 2. The van der Waals surface area contributed by atoms with Crippen LogP contribution in [0.15, 0.2) is 57.7 Å². The van der Waals surface area contributed by atoms with Gasteiger partial charge in [-0.3, -0.25) is 29.3 Å². The van der Waals surface area contributed by atoms with Crippen LogP contribution < -0.4 is 11.2 Å². The molecule has 3 heterocycles. The third-order valence-corrected chi connectivity index (χ3v) is 7.84. The maximum atomic E-state index is 14.0. The summed E-state index contributed by atoms with van der Waals surface area (Å²) in [6, 6.07) is 10.8. The number of likely N-dealkylation sites (tertiary alicyclic amines) is 1. The third kappa shape index (κ3) is 4.95. The largest absolute Gasteiger partial charge is 0.508 e. The Labute approximate surface area is 247 Å². The first-order valence-corrected chi connectivity index (χ1v) is 13.7. The van der Waals surface area contributed by atoms with Crippen LogP contribution in [0.5, 0.6) is 5.75 Å². The second-order valence-electron chi connectivity index (χ2n) is 10.6. The number of nitro groups is 1. The number of rotatable bonds is 5. The molecule has 0 unspecified atom stereocenters. The lowest BCUT2D eigenvalue weighted by Crippen LogP contribution is -2.42. The van der Waals surface area contributed by atoms with E-state index in [1.807, 2.05) is 0 Å². The van der Waals surface area contributed by atoms with Crippen LogP contribution in [0.1, 0.15) is 36.0 Å². The van der Waals surface area contributed by atoms with E-state index in [1.165, 1.54) is 41.3 Å². The molecule has 6 rings (SSSR count). The molecule has 3 N–H and O–H groups in total. The van der Waals surface area contributed by atoms with Crippen molar-refractivity contribution in [3.05, 3.63) is 74.4 Å². The van der Waals surface area contributed by atoms with Crippen LogP contribution in [-0.4, -0.2) is 56.8 Å². The standard InChI is InChI=1S/C30H24N4O10/c31-22-13-20(28-18-3-1-16(35)11-24(18)43-25-12-17(36)2-4-19(25)28)21(14-23(22)34(41)42)29(39)32-9-7-15(8-10-32)30(40)44-33-26(37)5-6-27(33)38/h1-4,11-15,35H,5-10,31H2. The van der Waals surface area contributed by atoms with Gasteiger partial charge in [0.05, 0.1) is 16.4 Å². The van der Waals surface area contributed by atoms with Gasteiger partial charge in [-0.1, -0.05) is 0 Å². The highest BCUT2D eigenvalue weighted by atomic mass is 16.7. The zero-order valence-electron chi connectivity index (χ0n) is 23.0. The Hall–Kier alpha value is -5.79. The minimum atomic E-state index is -0.753. The number of nitro benzene ring substituents is 1. The number of fused-ring (bicyclic) bond motifs is 2. The van der Waals surface area contributed by atoms with Crippen molar-refractivity contribution in [2.24, 2.45) is 5.92 Å². The predicted octanol–water partition coefficient (Wildman–Crippen LogP) is 3.22. The van der Waals surface area contributed by atoms with Crippen molar-refractivity contribution < 1.29 is 38.5 Å². The highest BCUT2D eigenvalue weighted by Gasteiger charge is 2.37. The summed E-state index contributed by atoms with van der Waals surface area (Å²) in [4.78, 5) is 80.2. The molecule has 0 saturated carbocycles. The fraction of sp³-hybridized carbons (Fsp3) is 0.233. The molecule has 1 aliphatic carbocycles. The van der Waals surface area contributed by atoms with Crippen molar-refractivity contribution in [3.8, 4) is 28.2 Å². The van der Waals surface area contributed by atoms with Crippen LogP contribution in [0.3, 0.4) is 0 Å². The van der Waals surface area contributed by atoms with Gasteiger partial charge >= 0.3 is 5.97 Å². The van der Waals surface area contributed by atoms with E-state index in [2.05, 4.69) is 0 Å². The summed E-state index contributed by atoms with van der Waals surface area (Å²) in [6.45, 7) is 0.161. The third-order valence-electron chi connectivity index (χ3n) is 7.84. The Kier molecular flexibility index (Phi) is 6.96. The highest BCUT2D eigenvalue weighted by molar-refractivity contribution is 6.10. The van der Waals surface area contributed by atoms with E-state index in [1.54, 1.807) is 6.07 Å². The number of nitrogen functional groups attached to an aromatic ring is 1. The number of carbonyl (C=O) groups excluding carboxylic acids is 4. The minimum Gasteiger partial charge on any atom is -0.508 e. The lowest BCUT2D eigenvalue weighted by Gasteiger charge is -2.32. The average Bonchev–Trinajstić information content (AvgIpc) is 3.31. The second-order valence-corrected chi connectivity index (χ2v) is 10.6. The number of hydrogen-bond acceptors (Lipinski definition) is 11. The van der Waals surface area contributed by atoms with Gasteiger partial charge in [-0.15, -0.1) is 5.06 Å². The van der Waals surface area contributed by atoms with Crippen LogP contribution in [0, 0.1) is 16.0 Å². The molecule has 224 valence electrons. The van der Waals surface area contributed by atoms with Gasteiger partial charge in [0.25, 0.3) is 23.4 Å². The van der Waals surface area contributed by atoms with Gasteiger partial charge in [0.15, 0.2) is 5.43 Å². The van der Waals surface area contributed by atoms with Crippen molar-refractivity contribution >= 4 is 46.0 Å². The smallest absolute Gasteiger partial charge is 0.336 e. The number of hydroxylamine groups is 2. The van der Waals surface area contributed by atoms with Crippen LogP contribution >= 0.6 is 0 Å². The summed E-state index contributed by atoms with van der Waals surface area (Å²) in [6.07, 6.45) is 0.256. The highest BCUT2D eigenvalue weighted by Crippen LogP contribution is 2.44. The molecule has 3 amide bonds. The Bertz CT molecular complexity index is 1910. The Morgan fingerprint density at radius 2 is 1.68 bits per heavy atom. The number of piperidine rings is 1. The first-order valence-electron chi connectivity index (χ1n) is 13.7. The summed E-state index contributed by atoms with van der Waals surface area (Å²) in [5, 5.41) is 22.9. The van der Waals surface area contributed by atoms with Gasteiger partial charge in [-0.2, -0.15) is 0 Å². The zero-order chi connectivity index (χ0) is 31.3. The molecule has 0 atom stereocenters. The molecule has 14 nitrogen and oxygen atoms in total. The predicted molar refractivity (Wildman–Crippen MR) is 153 cm³/mol. The van der Waals surface area contributed by atoms with Crippen LogP contribution in [0.4, 0.5) is 11.4 Å². The number of imide groups is 1. The zero-order valence-corrected chi connectivity index (χ0v) is 23.0. The van der Waals surface area contributed by atoms with Crippen LogP contribution in [-0.2, 0) is 19.2 Å². The molecule has 0 aromatic heterocycles. The summed E-state index contributed by atoms with van der Waals surface area (Å²) in [7, 11) is 0. The fourth-order valence-corrected chi connectivity index (χ4v) is 5.61. The van der Waals surface area contributed by atoms with E-state index in [9.17, 15) is 39.2 Å². The molecular formula is C30H24N4O10. The van der Waals surface area contributed by atoms with Crippen molar-refractivity contribution in [2.45, 2.75) is 25.7 Å². The number of benzene rings is 3. The quantitative estimate of drug-likeness (QED) is 0.112. The number of aromatic hydroxyl groups is 1. The summed E-state index contributed by atoms with van der Waals surface area (Å²) >= 11 is 0. The molecular weight excluding hydrogens is 576 g/mol. The van der Waals surface area contributed by atoms with Gasteiger partial charge in [0.2, 0.25) is 0 Å². The molecule has 2 aromatic carbocycles. The van der Waals surface area contributed by atoms with Crippen molar-refractivity contribution in [3.63, 3.8) is 0 Å². The number of phenols is 1. The molecule has 14 heteroatoms. The van der Waals surface area contributed by atoms with Crippen molar-refractivity contribution in [1.29, 1.82) is 0 Å². The summed E-state index contributed by atoms with van der Waals surface area (Å²) in [5.74, 6) is -3.14. The van der Waals surface area contributed by atoms with E-state index in [-0.39, 0.29) is 78.1 Å². The van der Waals surface area contributed by atoms with Gasteiger partial charge < -0.3 is 25.0 Å². The topological polar surface area (TPSA) is 204 Å². The van der Waals surface area contributed by atoms with Gasteiger partial charge in [0.1, 0.15) is 22.8 Å². The maximum absolute atomic E-state index is 14.0. The fourth-order valence-electron chi connectivity index (χ4n) is 5.61. The number of nitrogens with zero attached hydrogens (tertiary/aromatic N) is 3. The minimum absolute atomic E-state index is 0.0333. The Morgan fingerprint density at radius 1 is 0.977 bits per heavy atom. The average molecular weight is 601 g/mol. The molecule has 2 fully saturated rings. The number of nitrogens with two attached hydrogens (primary N) is 1. The van der Waals surface area contributed by atoms with Crippen LogP contribution in [0.25, 0.3) is 33.4 Å². The summed E-state index contributed by atoms with van der Waals surface area (Å²) < 4.78 is 5.89. The Morgan fingerprint density at radius 3 is 2.36 bits per heavy atom. The van der Waals surface area contributed by atoms with Gasteiger partial charge in [-0.25, -0.2) is 4.79 Å². The maximum Gasteiger partial charge on any atom is 0.336 e. The lowest BCUT2D eigenvalue weighted by atomic mass is 9.89. The monoisotopic (exact) mass is 600 g/mol. The Balaban J connectivity index is 1.38. The number of amides is 3. The molecule has 0 spiro atoms. The normalized spacial score (nSPS) is 15.7. The number of carbonyl (C=O) groups is 4. The van der Waals surface area contributed by atoms with Gasteiger partial charge in [-0.05, 0) is 48.7 Å². The number of anilines is 1. The van der Waals surface area contributed by atoms with E-state index in [4.69, 9.17) is 15.0 Å². The van der Waals surface area contributed by atoms with E-state index >= 15 is 0 Å². The lowest BCUT2D eigenvalue weighted by molar-refractivity contribution is -0.383. The molecule has 0 bridgehead atoms. The molecule has 2 aromatic rings. The summed E-state index contributed by atoms with van der Waals surface area (Å²) in [5.41, 5.74) is 6.30. The first kappa shape index (κ1) is 28.3. The van der Waals surface area contributed by atoms with Crippen molar-refractivity contribution in [1.82, 2.24) is 9.96 Å². The first-order chi connectivity index (χ1) is 21.0. The molecule has 3 aliphatic heterocycles. The van der Waals surface area contributed by atoms with Crippen LogP contribution in [0.2, 0.25) is 0 Å². The number of phenolic OH excluding ortho intramolecular Hbond substituents is 1. The van der Waals surface area contributed by atoms with Gasteiger partial charge in [0, 0.05) is 60.6 Å². The molecule has 0 radical (unpaired) electrons. The van der Waals surface area contributed by atoms with E-state index in [0.717, 1.165) is 6.07 Å².